The van der Waals surface area contributed by atoms with Gasteiger partial charge in [0.15, 0.2) is 0 Å². The first-order valence-electron chi connectivity index (χ1n) is 4.62. The largest absolute Gasteiger partial charge is 0.363 e. The van der Waals surface area contributed by atoms with E-state index in [0.29, 0.717) is 5.88 Å². The van der Waals surface area contributed by atoms with E-state index in [2.05, 4.69) is 26.2 Å². The SMILES string of the molecule is Cc1nc(NC2(CCl)CC2)ccc1Br. The molecule has 0 radical (unpaired) electrons. The molecule has 1 saturated carbocycles. The molecule has 0 aliphatic heterocycles. The van der Waals surface area contributed by atoms with Crippen LogP contribution in [0.2, 0.25) is 0 Å². The van der Waals surface area contributed by atoms with Gasteiger partial charge in [-0.3, -0.25) is 0 Å². The molecule has 1 fully saturated rings. The number of rotatable bonds is 3. The molecule has 1 aromatic rings. The van der Waals surface area contributed by atoms with E-state index in [1.54, 1.807) is 0 Å². The van der Waals surface area contributed by atoms with Gasteiger partial charge < -0.3 is 5.32 Å². The van der Waals surface area contributed by atoms with E-state index >= 15 is 0 Å². The van der Waals surface area contributed by atoms with Crippen molar-refractivity contribution < 1.29 is 0 Å². The van der Waals surface area contributed by atoms with Crippen molar-refractivity contribution in [3.05, 3.63) is 22.3 Å². The van der Waals surface area contributed by atoms with Crippen molar-refractivity contribution >= 4 is 33.3 Å². The van der Waals surface area contributed by atoms with Gasteiger partial charge in [0.25, 0.3) is 0 Å². The minimum absolute atomic E-state index is 0.120. The maximum Gasteiger partial charge on any atom is 0.126 e. The van der Waals surface area contributed by atoms with Crippen molar-refractivity contribution in [1.82, 2.24) is 4.98 Å². The number of aromatic nitrogens is 1. The Kier molecular flexibility index (Phi) is 2.71. The second kappa shape index (κ2) is 3.70. The highest BCUT2D eigenvalue weighted by molar-refractivity contribution is 9.10. The van der Waals surface area contributed by atoms with E-state index in [4.69, 9.17) is 11.6 Å². The highest BCUT2D eigenvalue weighted by atomic mass is 79.9. The van der Waals surface area contributed by atoms with Crippen LogP contribution in [0.3, 0.4) is 0 Å². The van der Waals surface area contributed by atoms with Crippen molar-refractivity contribution in [1.29, 1.82) is 0 Å². The van der Waals surface area contributed by atoms with E-state index in [1.165, 1.54) is 0 Å². The van der Waals surface area contributed by atoms with Gasteiger partial charge in [0.05, 0.1) is 11.2 Å². The Bertz CT molecular complexity index is 350. The molecule has 1 aromatic heterocycles. The number of nitrogens with one attached hydrogen (secondary N) is 1. The fourth-order valence-electron chi connectivity index (χ4n) is 1.33. The molecule has 1 heterocycles. The summed E-state index contributed by atoms with van der Waals surface area (Å²) in [5.74, 6) is 1.58. The number of hydrogen-bond acceptors (Lipinski definition) is 2. The summed E-state index contributed by atoms with van der Waals surface area (Å²) in [6.45, 7) is 1.98. The Morgan fingerprint density at radius 2 is 2.29 bits per heavy atom. The Morgan fingerprint density at radius 3 is 2.79 bits per heavy atom. The molecular weight excluding hydrogens is 263 g/mol. The Labute approximate surface area is 97.2 Å². The third kappa shape index (κ3) is 2.04. The van der Waals surface area contributed by atoms with Gasteiger partial charge in [-0.2, -0.15) is 0 Å². The minimum Gasteiger partial charge on any atom is -0.363 e. The Morgan fingerprint density at radius 1 is 1.57 bits per heavy atom. The second-order valence-electron chi connectivity index (χ2n) is 3.80. The lowest BCUT2D eigenvalue weighted by molar-refractivity contribution is 0.827. The van der Waals surface area contributed by atoms with Crippen molar-refractivity contribution in [2.24, 2.45) is 0 Å². The van der Waals surface area contributed by atoms with Crippen molar-refractivity contribution in [2.45, 2.75) is 25.3 Å². The lowest BCUT2D eigenvalue weighted by Crippen LogP contribution is -2.23. The third-order valence-electron chi connectivity index (χ3n) is 2.52. The summed E-state index contributed by atoms with van der Waals surface area (Å²) in [4.78, 5) is 4.43. The molecule has 4 heteroatoms. The van der Waals surface area contributed by atoms with Crippen LogP contribution < -0.4 is 5.32 Å². The predicted molar refractivity (Wildman–Crippen MR) is 63.0 cm³/mol. The maximum atomic E-state index is 5.88. The van der Waals surface area contributed by atoms with Gasteiger partial charge >= 0.3 is 0 Å². The minimum atomic E-state index is 0.120. The number of pyridine rings is 1. The molecule has 0 atom stereocenters. The third-order valence-corrected chi connectivity index (χ3v) is 3.87. The molecule has 0 amide bonds. The van der Waals surface area contributed by atoms with E-state index in [9.17, 15) is 0 Å². The van der Waals surface area contributed by atoms with E-state index in [0.717, 1.165) is 28.8 Å². The Hall–Kier alpha value is -0.280. The molecule has 2 rings (SSSR count). The van der Waals surface area contributed by atoms with Crippen LogP contribution in [0, 0.1) is 6.92 Å². The van der Waals surface area contributed by atoms with Gasteiger partial charge in [0, 0.05) is 10.4 Å². The van der Waals surface area contributed by atoms with Crippen LogP contribution in [0.4, 0.5) is 5.82 Å². The first-order valence-corrected chi connectivity index (χ1v) is 5.95. The van der Waals surface area contributed by atoms with Crippen LogP contribution in [0.1, 0.15) is 18.5 Å². The van der Waals surface area contributed by atoms with Crippen LogP contribution in [-0.4, -0.2) is 16.4 Å². The van der Waals surface area contributed by atoms with Gasteiger partial charge in [0.1, 0.15) is 5.82 Å². The summed E-state index contributed by atoms with van der Waals surface area (Å²) in [6, 6.07) is 3.98. The zero-order valence-corrected chi connectivity index (χ0v) is 10.3. The van der Waals surface area contributed by atoms with Crippen LogP contribution in [0.25, 0.3) is 0 Å². The molecule has 0 spiro atoms. The number of nitrogens with zero attached hydrogens (tertiary/aromatic N) is 1. The zero-order chi connectivity index (χ0) is 10.2. The van der Waals surface area contributed by atoms with E-state index in [-0.39, 0.29) is 5.54 Å². The summed E-state index contributed by atoms with van der Waals surface area (Å²) in [5.41, 5.74) is 1.12. The number of anilines is 1. The molecule has 1 aliphatic carbocycles. The fraction of sp³-hybridized carbons (Fsp3) is 0.500. The highest BCUT2D eigenvalue weighted by Gasteiger charge is 2.42. The number of hydrogen-bond donors (Lipinski definition) is 1. The predicted octanol–water partition coefficient (Wildman–Crippen LogP) is 3.34. The maximum absolute atomic E-state index is 5.88. The van der Waals surface area contributed by atoms with Crippen molar-refractivity contribution in [3.63, 3.8) is 0 Å². The average Bonchev–Trinajstić information content (AvgIpc) is 2.93. The number of halogens is 2. The molecule has 0 saturated heterocycles. The smallest absolute Gasteiger partial charge is 0.126 e. The first-order chi connectivity index (χ1) is 6.65. The second-order valence-corrected chi connectivity index (χ2v) is 4.92. The standard InChI is InChI=1S/C10H12BrClN2/c1-7-8(11)2-3-9(13-7)14-10(6-12)4-5-10/h2-3H,4-6H2,1H3,(H,13,14). The van der Waals surface area contributed by atoms with E-state index in [1.807, 2.05) is 19.1 Å². The van der Waals surface area contributed by atoms with Crippen LogP contribution >= 0.6 is 27.5 Å². The molecule has 2 nitrogen and oxygen atoms in total. The van der Waals surface area contributed by atoms with Gasteiger partial charge in [0.2, 0.25) is 0 Å². The molecule has 0 unspecified atom stereocenters. The zero-order valence-electron chi connectivity index (χ0n) is 7.98. The molecule has 76 valence electrons. The lowest BCUT2D eigenvalue weighted by atomic mass is 10.3. The fourth-order valence-corrected chi connectivity index (χ4v) is 1.88. The first kappa shape index (κ1) is 10.2. The quantitative estimate of drug-likeness (QED) is 0.856. The summed E-state index contributed by atoms with van der Waals surface area (Å²) < 4.78 is 1.04. The molecular formula is C10H12BrClN2. The van der Waals surface area contributed by atoms with Crippen molar-refractivity contribution in [3.8, 4) is 0 Å². The number of aryl methyl sites for hydroxylation is 1. The molecule has 1 aliphatic rings. The van der Waals surface area contributed by atoms with Gasteiger partial charge in [-0.25, -0.2) is 4.98 Å². The summed E-state index contributed by atoms with van der Waals surface area (Å²) in [5, 5.41) is 3.38. The van der Waals surface area contributed by atoms with Gasteiger partial charge in [-0.05, 0) is 47.8 Å². The van der Waals surface area contributed by atoms with Gasteiger partial charge in [-0.15, -0.1) is 11.6 Å². The van der Waals surface area contributed by atoms with E-state index < -0.39 is 0 Å². The molecule has 14 heavy (non-hydrogen) atoms. The highest BCUT2D eigenvalue weighted by Crippen LogP contribution is 2.39. The van der Waals surface area contributed by atoms with Gasteiger partial charge in [-0.1, -0.05) is 0 Å². The summed E-state index contributed by atoms with van der Waals surface area (Å²) in [6.07, 6.45) is 2.29. The topological polar surface area (TPSA) is 24.9 Å². The van der Waals surface area contributed by atoms with Crippen molar-refractivity contribution in [2.75, 3.05) is 11.2 Å². The molecule has 0 aromatic carbocycles. The monoisotopic (exact) mass is 274 g/mol. The van der Waals surface area contributed by atoms with Crippen LogP contribution in [-0.2, 0) is 0 Å². The Balaban J connectivity index is 2.14. The molecule has 1 N–H and O–H groups in total. The normalized spacial score (nSPS) is 17.9. The lowest BCUT2D eigenvalue weighted by Gasteiger charge is -2.15. The van der Waals surface area contributed by atoms with Crippen LogP contribution in [0.5, 0.6) is 0 Å². The summed E-state index contributed by atoms with van der Waals surface area (Å²) >= 11 is 9.30. The number of alkyl halides is 1. The van der Waals surface area contributed by atoms with Crippen LogP contribution in [0.15, 0.2) is 16.6 Å². The summed E-state index contributed by atoms with van der Waals surface area (Å²) in [7, 11) is 0. The average molecular weight is 276 g/mol. The molecule has 0 bridgehead atoms.